The Hall–Kier alpha value is -4.16. The average Bonchev–Trinajstić information content (AvgIpc) is 3.54. The number of likely N-dealkylation sites (tertiary alicyclic amines) is 3. The van der Waals surface area contributed by atoms with E-state index in [1.54, 1.807) is 11.2 Å². The van der Waals surface area contributed by atoms with Crippen LogP contribution in [0.2, 0.25) is 0 Å². The van der Waals surface area contributed by atoms with Gasteiger partial charge in [-0.2, -0.15) is 0 Å². The number of imidazole rings is 1. The van der Waals surface area contributed by atoms with Crippen molar-refractivity contribution in [2.45, 2.75) is 95.4 Å². The third-order valence-corrected chi connectivity index (χ3v) is 11.7. The highest BCUT2D eigenvalue weighted by atomic mass is 16.6. The molecule has 4 aliphatic heterocycles. The Bertz CT molecular complexity index is 1700. The van der Waals surface area contributed by atoms with Crippen molar-refractivity contribution in [2.75, 3.05) is 51.1 Å². The van der Waals surface area contributed by atoms with E-state index in [0.29, 0.717) is 51.6 Å². The predicted octanol–water partition coefficient (Wildman–Crippen LogP) is 4.84. The van der Waals surface area contributed by atoms with Crippen molar-refractivity contribution in [1.29, 1.82) is 0 Å². The number of nitrogens with two attached hydrogens (primary N) is 1. The summed E-state index contributed by atoms with van der Waals surface area (Å²) in [6.07, 6.45) is 6.06. The highest BCUT2D eigenvalue weighted by Crippen LogP contribution is 2.31. The molecule has 2 aromatic carbocycles. The monoisotopic (exact) mass is 684 g/mol. The van der Waals surface area contributed by atoms with Crippen LogP contribution in [0.4, 0.5) is 15.3 Å². The van der Waals surface area contributed by atoms with E-state index >= 15 is 0 Å². The summed E-state index contributed by atoms with van der Waals surface area (Å²) in [5, 5.41) is 3.06. The van der Waals surface area contributed by atoms with E-state index in [0.717, 1.165) is 78.6 Å². The Kier molecular flexibility index (Phi) is 9.76. The number of ether oxygens (including phenoxy) is 1. The van der Waals surface area contributed by atoms with E-state index in [2.05, 4.69) is 33.2 Å². The second-order valence-corrected chi connectivity index (χ2v) is 15.2. The van der Waals surface area contributed by atoms with E-state index in [9.17, 15) is 14.4 Å². The molecule has 1 unspecified atom stereocenters. The number of aromatic nitrogens is 2. The number of fused-ring (bicyclic) bond motifs is 2. The highest BCUT2D eigenvalue weighted by molar-refractivity contribution is 5.91. The molecular formula is C38H52N8O4. The van der Waals surface area contributed by atoms with Crippen LogP contribution in [0.15, 0.2) is 42.7 Å². The molecule has 5 heterocycles. The fourth-order valence-electron chi connectivity index (χ4n) is 8.37. The molecule has 4 N–H and O–H groups in total. The van der Waals surface area contributed by atoms with Crippen LogP contribution in [0, 0.1) is 6.92 Å². The van der Waals surface area contributed by atoms with Crippen molar-refractivity contribution >= 4 is 34.8 Å². The summed E-state index contributed by atoms with van der Waals surface area (Å²) in [7, 11) is 0. The second-order valence-electron chi connectivity index (χ2n) is 15.2. The summed E-state index contributed by atoms with van der Waals surface area (Å²) in [5.74, 6) is -0.518. The molecule has 4 amide bonds. The van der Waals surface area contributed by atoms with Gasteiger partial charge in [0.05, 0.1) is 17.4 Å². The van der Waals surface area contributed by atoms with E-state index in [1.807, 2.05) is 54.0 Å². The zero-order valence-electron chi connectivity index (χ0n) is 29.7. The number of piperidine rings is 3. The van der Waals surface area contributed by atoms with Crippen molar-refractivity contribution in [3.63, 3.8) is 0 Å². The Labute approximate surface area is 294 Å². The van der Waals surface area contributed by atoms with E-state index < -0.39 is 12.2 Å². The van der Waals surface area contributed by atoms with Crippen LogP contribution in [-0.2, 0) is 16.0 Å². The summed E-state index contributed by atoms with van der Waals surface area (Å²) in [6, 6.07) is 12.3. The van der Waals surface area contributed by atoms with Gasteiger partial charge in [0, 0.05) is 75.0 Å². The Morgan fingerprint density at radius 1 is 0.960 bits per heavy atom. The Morgan fingerprint density at radius 3 is 2.38 bits per heavy atom. The third-order valence-electron chi connectivity index (χ3n) is 11.7. The van der Waals surface area contributed by atoms with Crippen LogP contribution in [0.1, 0.15) is 75.0 Å². The first-order chi connectivity index (χ1) is 24.1. The molecule has 3 saturated heterocycles. The minimum atomic E-state index is -0.973. The first-order valence-electron chi connectivity index (χ1n) is 18.4. The van der Waals surface area contributed by atoms with Gasteiger partial charge in [0.15, 0.2) is 6.10 Å². The summed E-state index contributed by atoms with van der Waals surface area (Å²) >= 11 is 0. The van der Waals surface area contributed by atoms with Gasteiger partial charge >= 0.3 is 12.1 Å². The van der Waals surface area contributed by atoms with Gasteiger partial charge in [0.25, 0.3) is 5.91 Å². The lowest BCUT2D eigenvalue weighted by molar-refractivity contribution is -0.143. The van der Waals surface area contributed by atoms with Crippen molar-refractivity contribution < 1.29 is 19.1 Å². The van der Waals surface area contributed by atoms with Crippen LogP contribution >= 0.6 is 0 Å². The van der Waals surface area contributed by atoms with Crippen molar-refractivity contribution in [1.82, 2.24) is 29.6 Å². The molecule has 268 valence electrons. The zero-order chi connectivity index (χ0) is 35.0. The van der Waals surface area contributed by atoms with Gasteiger partial charge in [-0.05, 0) is 87.6 Å². The van der Waals surface area contributed by atoms with Crippen LogP contribution < -0.4 is 11.1 Å². The van der Waals surface area contributed by atoms with Gasteiger partial charge < -0.3 is 40.4 Å². The van der Waals surface area contributed by atoms with Gasteiger partial charge in [-0.3, -0.25) is 4.79 Å². The fraction of sp³-hybridized carbons (Fsp3) is 0.579. The van der Waals surface area contributed by atoms with Crippen LogP contribution in [0.3, 0.4) is 0 Å². The number of hydrogen-bond acceptors (Lipinski definition) is 7. The number of aryl methyl sites for hydroxylation is 1. The van der Waals surface area contributed by atoms with E-state index in [-0.39, 0.29) is 29.4 Å². The zero-order valence-corrected chi connectivity index (χ0v) is 29.7. The number of carbonyl (C=O) groups excluding carboxylic acids is 3. The second kappa shape index (κ2) is 14.2. The molecule has 3 aromatic rings. The maximum absolute atomic E-state index is 14.3. The fourth-order valence-corrected chi connectivity index (χ4v) is 8.37. The van der Waals surface area contributed by atoms with Gasteiger partial charge in [-0.25, -0.2) is 14.6 Å². The number of H-pyrrole nitrogens is 1. The number of carbonyl (C=O) groups is 3. The molecule has 0 radical (unpaired) electrons. The maximum Gasteiger partial charge on any atom is 0.410 e. The Morgan fingerprint density at radius 2 is 1.64 bits per heavy atom. The first kappa shape index (κ1) is 34.3. The number of anilines is 1. The SMILES string of the molecule is Cc1cc([C@@H](C)C(OC(=O)N2CCC(N3CCc4ccccc4NC3=O)CC2)C(=O)N2CCC(N3CCC(C)(N)CC3)CC2)cc2[nH]cnc12. The highest BCUT2D eigenvalue weighted by Gasteiger charge is 2.39. The molecule has 7 rings (SSSR count). The summed E-state index contributed by atoms with van der Waals surface area (Å²) in [6.45, 7) is 10.9. The third kappa shape index (κ3) is 7.18. The number of nitrogens with one attached hydrogen (secondary N) is 2. The van der Waals surface area contributed by atoms with Gasteiger partial charge in [-0.1, -0.05) is 31.2 Å². The lowest BCUT2D eigenvalue weighted by Gasteiger charge is -2.44. The number of hydrogen-bond donors (Lipinski definition) is 3. The molecule has 2 atom stereocenters. The van der Waals surface area contributed by atoms with Gasteiger partial charge in [0.1, 0.15) is 0 Å². The molecule has 0 saturated carbocycles. The van der Waals surface area contributed by atoms with Gasteiger partial charge in [0.2, 0.25) is 0 Å². The largest absolute Gasteiger partial charge is 0.435 e. The lowest BCUT2D eigenvalue weighted by atomic mass is 9.88. The number of benzene rings is 2. The topological polar surface area (TPSA) is 140 Å². The van der Waals surface area contributed by atoms with Crippen molar-refractivity contribution in [3.8, 4) is 0 Å². The minimum absolute atomic E-state index is 0.0219. The molecule has 3 fully saturated rings. The quantitative estimate of drug-likeness (QED) is 0.338. The normalized spacial score (nSPS) is 22.1. The van der Waals surface area contributed by atoms with Gasteiger partial charge in [-0.15, -0.1) is 0 Å². The lowest BCUT2D eigenvalue weighted by Crippen LogP contribution is -2.55. The number of rotatable bonds is 6. The van der Waals surface area contributed by atoms with Crippen LogP contribution in [0.5, 0.6) is 0 Å². The maximum atomic E-state index is 14.3. The minimum Gasteiger partial charge on any atom is -0.435 e. The van der Waals surface area contributed by atoms with Crippen LogP contribution in [-0.4, -0.2) is 117 Å². The molecule has 0 bridgehead atoms. The predicted molar refractivity (Wildman–Crippen MR) is 193 cm³/mol. The van der Waals surface area contributed by atoms with E-state index in [4.69, 9.17) is 10.5 Å². The smallest absolute Gasteiger partial charge is 0.410 e. The summed E-state index contributed by atoms with van der Waals surface area (Å²) in [4.78, 5) is 57.0. The molecule has 4 aliphatic rings. The number of urea groups is 1. The van der Waals surface area contributed by atoms with Crippen molar-refractivity contribution in [2.24, 2.45) is 5.73 Å². The number of aromatic amines is 1. The molecule has 0 spiro atoms. The summed E-state index contributed by atoms with van der Waals surface area (Å²) in [5.41, 5.74) is 12.0. The van der Waals surface area contributed by atoms with Crippen LogP contribution in [0.25, 0.3) is 11.0 Å². The molecule has 12 nitrogen and oxygen atoms in total. The first-order valence-corrected chi connectivity index (χ1v) is 18.4. The number of nitrogens with zero attached hydrogens (tertiary/aromatic N) is 5. The van der Waals surface area contributed by atoms with E-state index in [1.165, 1.54) is 0 Å². The summed E-state index contributed by atoms with van der Waals surface area (Å²) < 4.78 is 6.24. The molecule has 0 aliphatic carbocycles. The molecule has 50 heavy (non-hydrogen) atoms. The standard InChI is InChI=1S/C38H52N8O4/c1-25-22-28(23-32-33(25)41-24-40-32)26(2)34(35(47)44-15-9-29(10-16-44)43-20-13-38(3,39)14-21-43)50-37(49)45-17-11-30(12-18-45)46-19-8-27-6-4-5-7-31(27)42-36(46)48/h4-7,22-24,26,29-30,34H,8-21,39H2,1-3H3,(H,40,41)(H,42,48)/t26-,34?/m1/s1. The van der Waals surface area contributed by atoms with Crippen molar-refractivity contribution in [3.05, 3.63) is 59.4 Å². The molecular weight excluding hydrogens is 632 g/mol. The number of amides is 4. The average molecular weight is 685 g/mol. The molecule has 1 aromatic heterocycles. The molecule has 12 heteroatoms. The Balaban J connectivity index is 1.02. The number of para-hydroxylation sites is 1.